The summed E-state index contributed by atoms with van der Waals surface area (Å²) in [6.45, 7) is 2.30. The van der Waals surface area contributed by atoms with Gasteiger partial charge in [0, 0.05) is 6.42 Å². The standard InChI is InChI=1S/C23H38O2/c1-2-3-10-19(22-17-18-22)12-8-14-21-15-9-13-20(21)11-6-4-5-7-16-23(24)25/h4,6,8,14,19-22H,2-3,5,7,9-13,15-18H2,1H3,(H,24,25)/t19?,20-,21-/m0/s1. The van der Waals surface area contributed by atoms with Crippen molar-refractivity contribution in [2.24, 2.45) is 23.7 Å². The molecule has 0 aromatic rings. The van der Waals surface area contributed by atoms with Crippen molar-refractivity contribution in [3.8, 4) is 0 Å². The molecule has 0 saturated heterocycles. The summed E-state index contributed by atoms with van der Waals surface area (Å²) in [4.78, 5) is 10.5. The third-order valence-electron chi connectivity index (χ3n) is 6.12. The van der Waals surface area contributed by atoms with Crippen molar-refractivity contribution in [1.82, 2.24) is 0 Å². The average molecular weight is 347 g/mol. The zero-order chi connectivity index (χ0) is 17.9. The van der Waals surface area contributed by atoms with Gasteiger partial charge in [0.25, 0.3) is 0 Å². The number of hydrogen-bond acceptors (Lipinski definition) is 1. The van der Waals surface area contributed by atoms with Crippen LogP contribution in [0.4, 0.5) is 0 Å². The number of hydrogen-bond donors (Lipinski definition) is 1. The van der Waals surface area contributed by atoms with Crippen molar-refractivity contribution in [2.75, 3.05) is 0 Å². The highest BCUT2D eigenvalue weighted by Crippen LogP contribution is 2.42. The van der Waals surface area contributed by atoms with Crippen LogP contribution in [0, 0.1) is 23.7 Å². The molecule has 2 rings (SSSR count). The first-order valence-corrected chi connectivity index (χ1v) is 10.7. The predicted octanol–water partition coefficient (Wildman–Crippen LogP) is 6.77. The highest BCUT2D eigenvalue weighted by atomic mass is 16.4. The molecule has 0 heterocycles. The van der Waals surface area contributed by atoms with E-state index in [1.165, 1.54) is 64.2 Å². The summed E-state index contributed by atoms with van der Waals surface area (Å²) in [5.74, 6) is 2.88. The zero-order valence-electron chi connectivity index (χ0n) is 16.2. The van der Waals surface area contributed by atoms with Gasteiger partial charge in [-0.2, -0.15) is 0 Å². The highest BCUT2D eigenvalue weighted by molar-refractivity contribution is 5.66. The van der Waals surface area contributed by atoms with Crippen molar-refractivity contribution < 1.29 is 9.90 Å². The molecule has 2 aliphatic carbocycles. The summed E-state index contributed by atoms with van der Waals surface area (Å²) >= 11 is 0. The molecule has 2 aliphatic rings. The Balaban J connectivity index is 1.67. The van der Waals surface area contributed by atoms with E-state index in [1.54, 1.807) is 0 Å². The van der Waals surface area contributed by atoms with Crippen LogP contribution in [0.25, 0.3) is 0 Å². The van der Waals surface area contributed by atoms with E-state index in [0.717, 1.165) is 36.5 Å². The molecule has 0 amide bonds. The van der Waals surface area contributed by atoms with E-state index >= 15 is 0 Å². The predicted molar refractivity (Wildman–Crippen MR) is 106 cm³/mol. The van der Waals surface area contributed by atoms with Gasteiger partial charge in [-0.25, -0.2) is 0 Å². The van der Waals surface area contributed by atoms with Gasteiger partial charge in [0.1, 0.15) is 0 Å². The third kappa shape index (κ3) is 8.25. The summed E-state index contributed by atoms with van der Waals surface area (Å²) in [7, 11) is 0. The Labute approximate surface area is 154 Å². The minimum atomic E-state index is -0.683. The molecule has 2 saturated carbocycles. The van der Waals surface area contributed by atoms with Gasteiger partial charge in [-0.15, -0.1) is 0 Å². The maximum absolute atomic E-state index is 10.5. The summed E-state index contributed by atoms with van der Waals surface area (Å²) in [6.07, 6.45) is 25.2. The first kappa shape index (κ1) is 20.3. The van der Waals surface area contributed by atoms with Crippen LogP contribution in [0.15, 0.2) is 24.3 Å². The van der Waals surface area contributed by atoms with Crippen LogP contribution in [0.1, 0.15) is 90.4 Å². The molecule has 2 heteroatoms. The Kier molecular flexibility index (Phi) is 9.36. The number of rotatable bonds is 13. The molecule has 1 N–H and O–H groups in total. The smallest absolute Gasteiger partial charge is 0.303 e. The largest absolute Gasteiger partial charge is 0.481 e. The molecular formula is C23H38O2. The maximum Gasteiger partial charge on any atom is 0.303 e. The van der Waals surface area contributed by atoms with E-state index in [9.17, 15) is 4.79 Å². The Morgan fingerprint density at radius 1 is 1.12 bits per heavy atom. The molecule has 25 heavy (non-hydrogen) atoms. The van der Waals surface area contributed by atoms with Crippen LogP contribution < -0.4 is 0 Å². The second kappa shape index (κ2) is 11.5. The summed E-state index contributed by atoms with van der Waals surface area (Å²) in [5, 5.41) is 8.65. The SMILES string of the molecule is CCCCC(CC=C[C@H]1CCC[C@@H]1CC=CCCCC(=O)O)C1CC1. The topological polar surface area (TPSA) is 37.3 Å². The first-order chi connectivity index (χ1) is 12.2. The molecule has 0 aromatic heterocycles. The number of carboxylic acid groups (broad SMARTS) is 1. The average Bonchev–Trinajstić information content (AvgIpc) is 3.34. The third-order valence-corrected chi connectivity index (χ3v) is 6.12. The Morgan fingerprint density at radius 3 is 2.68 bits per heavy atom. The van der Waals surface area contributed by atoms with Crippen molar-refractivity contribution in [3.63, 3.8) is 0 Å². The zero-order valence-corrected chi connectivity index (χ0v) is 16.2. The van der Waals surface area contributed by atoms with Gasteiger partial charge in [0.2, 0.25) is 0 Å². The van der Waals surface area contributed by atoms with Gasteiger partial charge >= 0.3 is 5.97 Å². The number of aliphatic carboxylic acids is 1. The Morgan fingerprint density at radius 2 is 1.96 bits per heavy atom. The molecule has 0 spiro atoms. The van der Waals surface area contributed by atoms with Crippen LogP contribution in [0.3, 0.4) is 0 Å². The summed E-state index contributed by atoms with van der Waals surface area (Å²) in [5.41, 5.74) is 0. The maximum atomic E-state index is 10.5. The molecule has 2 nitrogen and oxygen atoms in total. The van der Waals surface area contributed by atoms with Gasteiger partial charge in [-0.1, -0.05) is 50.5 Å². The van der Waals surface area contributed by atoms with E-state index in [4.69, 9.17) is 5.11 Å². The number of carboxylic acids is 1. The first-order valence-electron chi connectivity index (χ1n) is 10.7. The van der Waals surface area contributed by atoms with E-state index in [0.29, 0.717) is 6.42 Å². The monoisotopic (exact) mass is 346 g/mol. The van der Waals surface area contributed by atoms with Crippen LogP contribution >= 0.6 is 0 Å². The molecule has 0 aliphatic heterocycles. The molecular weight excluding hydrogens is 308 g/mol. The second-order valence-corrected chi connectivity index (χ2v) is 8.25. The van der Waals surface area contributed by atoms with Crippen LogP contribution in [0.5, 0.6) is 0 Å². The number of carbonyl (C=O) groups is 1. The normalized spacial score (nSPS) is 25.2. The fraction of sp³-hybridized carbons (Fsp3) is 0.783. The molecule has 2 fully saturated rings. The van der Waals surface area contributed by atoms with Crippen molar-refractivity contribution in [3.05, 3.63) is 24.3 Å². The Bertz CT molecular complexity index is 433. The minimum Gasteiger partial charge on any atom is -0.481 e. The van der Waals surface area contributed by atoms with E-state index in [2.05, 4.69) is 31.2 Å². The number of unbranched alkanes of at least 4 members (excludes halogenated alkanes) is 2. The lowest BCUT2D eigenvalue weighted by Gasteiger charge is -2.16. The van der Waals surface area contributed by atoms with Gasteiger partial charge in [-0.05, 0) is 81.5 Å². The van der Waals surface area contributed by atoms with Gasteiger partial charge in [0.05, 0.1) is 0 Å². The lowest BCUT2D eigenvalue weighted by atomic mass is 9.89. The van der Waals surface area contributed by atoms with Crippen LogP contribution in [-0.4, -0.2) is 11.1 Å². The summed E-state index contributed by atoms with van der Waals surface area (Å²) in [6, 6.07) is 0. The fourth-order valence-electron chi connectivity index (χ4n) is 4.38. The van der Waals surface area contributed by atoms with Gasteiger partial charge in [0.15, 0.2) is 0 Å². The van der Waals surface area contributed by atoms with Crippen molar-refractivity contribution in [2.45, 2.75) is 90.4 Å². The fourth-order valence-corrected chi connectivity index (χ4v) is 4.38. The molecule has 0 bridgehead atoms. The van der Waals surface area contributed by atoms with E-state index in [1.807, 2.05) is 0 Å². The summed E-state index contributed by atoms with van der Waals surface area (Å²) < 4.78 is 0. The number of allylic oxidation sites excluding steroid dienone is 4. The van der Waals surface area contributed by atoms with E-state index < -0.39 is 5.97 Å². The van der Waals surface area contributed by atoms with Crippen molar-refractivity contribution in [1.29, 1.82) is 0 Å². The van der Waals surface area contributed by atoms with E-state index in [-0.39, 0.29) is 0 Å². The Hall–Kier alpha value is -1.05. The lowest BCUT2D eigenvalue weighted by molar-refractivity contribution is -0.137. The van der Waals surface area contributed by atoms with Gasteiger partial charge < -0.3 is 5.11 Å². The molecule has 142 valence electrons. The lowest BCUT2D eigenvalue weighted by Crippen LogP contribution is -2.05. The second-order valence-electron chi connectivity index (χ2n) is 8.25. The molecule has 1 unspecified atom stereocenters. The van der Waals surface area contributed by atoms with Crippen LogP contribution in [0.2, 0.25) is 0 Å². The van der Waals surface area contributed by atoms with Crippen LogP contribution in [-0.2, 0) is 4.79 Å². The quantitative estimate of drug-likeness (QED) is 0.295. The van der Waals surface area contributed by atoms with Gasteiger partial charge in [-0.3, -0.25) is 4.79 Å². The molecule has 0 radical (unpaired) electrons. The molecule has 3 atom stereocenters. The van der Waals surface area contributed by atoms with Crippen molar-refractivity contribution >= 4 is 5.97 Å². The highest BCUT2D eigenvalue weighted by Gasteiger charge is 2.30. The molecule has 0 aromatic carbocycles. The minimum absolute atomic E-state index is 0.291.